The summed E-state index contributed by atoms with van der Waals surface area (Å²) in [4.78, 5) is 0. The van der Waals surface area contributed by atoms with E-state index >= 15 is 0 Å². The molecule has 0 unspecified atom stereocenters. The summed E-state index contributed by atoms with van der Waals surface area (Å²) in [5.41, 5.74) is 29.9. The van der Waals surface area contributed by atoms with Crippen LogP contribution >= 0.6 is 0 Å². The van der Waals surface area contributed by atoms with Crippen molar-refractivity contribution in [1.29, 1.82) is 0 Å². The highest BCUT2D eigenvalue weighted by atomic mass is 14.3. The third kappa shape index (κ3) is 15.6. The maximum absolute atomic E-state index is 2.44. The van der Waals surface area contributed by atoms with Gasteiger partial charge in [0.2, 0.25) is 0 Å². The van der Waals surface area contributed by atoms with Gasteiger partial charge in [-0.2, -0.15) is 0 Å². The Kier molecular flexibility index (Phi) is 22.1. The SMILES string of the molecule is c1cc(-c2ccc3c(-c4cccc5ccccc45)c4ccccc4c(-c4cccc5ccccc45)c3c2)cc(-c2cccc3ccccc23)c1.c1cc(-c2ccc3ccccc3c2)cc(-c2ccc3c(-c4cccc5ccccc45)c4ccccc4c(-c4cccc5ccccc45)c3c2)c1.c1ccc2cc(-c3ccc(-c4ccc5c(-c6cccc7ccccc67)c6ccccc6c(-c6cccc7ccccc67)c5c4)cc3)ccc2c1. The summed E-state index contributed by atoms with van der Waals surface area (Å²) < 4.78 is 0. The zero-order chi connectivity index (χ0) is 99.1. The van der Waals surface area contributed by atoms with Gasteiger partial charge >= 0.3 is 0 Å². The van der Waals surface area contributed by atoms with Crippen LogP contribution in [0.2, 0.25) is 0 Å². The molecule has 0 saturated carbocycles. The van der Waals surface area contributed by atoms with Crippen LogP contribution in [0.5, 0.6) is 0 Å². The van der Waals surface area contributed by atoms with Gasteiger partial charge < -0.3 is 0 Å². The van der Waals surface area contributed by atoms with Crippen LogP contribution in [0.15, 0.2) is 582 Å². The molecule has 0 nitrogen and oxygen atoms in total. The van der Waals surface area contributed by atoms with Gasteiger partial charge in [0.1, 0.15) is 0 Å². The number of benzene rings is 30. The molecule has 0 aliphatic carbocycles. The highest BCUT2D eigenvalue weighted by Crippen LogP contribution is 2.54. The highest BCUT2D eigenvalue weighted by Gasteiger charge is 2.26. The van der Waals surface area contributed by atoms with Gasteiger partial charge in [-0.15, -0.1) is 0 Å². The van der Waals surface area contributed by atoms with Crippen LogP contribution < -0.4 is 0 Å². The van der Waals surface area contributed by atoms with Crippen LogP contribution in [0.1, 0.15) is 0 Å². The number of rotatable bonds is 12. The Morgan fingerprint density at radius 1 is 0.0667 bits per heavy atom. The average molecular weight is 1900 g/mol. The number of hydrogen-bond donors (Lipinski definition) is 0. The first-order valence-corrected chi connectivity index (χ1v) is 52.0. The first kappa shape index (κ1) is 88.2. The molecule has 0 amide bonds. The zero-order valence-electron chi connectivity index (χ0n) is 82.4. The monoisotopic (exact) mass is 1900 g/mol. The summed E-state index contributed by atoms with van der Waals surface area (Å²) in [7, 11) is 0. The van der Waals surface area contributed by atoms with E-state index in [9.17, 15) is 0 Å². The fourth-order valence-corrected chi connectivity index (χ4v) is 24.3. The Morgan fingerprint density at radius 2 is 0.227 bits per heavy atom. The first-order valence-electron chi connectivity index (χ1n) is 52.0. The molecule has 696 valence electrons. The van der Waals surface area contributed by atoms with Gasteiger partial charge in [0.25, 0.3) is 0 Å². The lowest BCUT2D eigenvalue weighted by atomic mass is 9.83. The molecule has 0 saturated heterocycles. The maximum Gasteiger partial charge on any atom is -0.00199 e. The summed E-state index contributed by atoms with van der Waals surface area (Å²) in [6.07, 6.45) is 0. The van der Waals surface area contributed by atoms with Crippen molar-refractivity contribution in [3.8, 4) is 134 Å². The van der Waals surface area contributed by atoms with E-state index in [1.165, 1.54) is 295 Å². The van der Waals surface area contributed by atoms with Crippen molar-refractivity contribution < 1.29 is 0 Å². The highest BCUT2D eigenvalue weighted by molar-refractivity contribution is 6.30. The predicted octanol–water partition coefficient (Wildman–Crippen LogP) is 42.4. The normalized spacial score (nSPS) is 11.6. The molecule has 30 aromatic rings. The van der Waals surface area contributed by atoms with E-state index < -0.39 is 0 Å². The van der Waals surface area contributed by atoms with Crippen molar-refractivity contribution >= 4 is 162 Å². The fraction of sp³-hybridized carbons (Fsp3) is 0. The Hall–Kier alpha value is -19.5. The molecular formula is C150H96. The summed E-state index contributed by atoms with van der Waals surface area (Å²) in [5.74, 6) is 0. The van der Waals surface area contributed by atoms with Gasteiger partial charge in [-0.05, 0) is 338 Å². The second-order valence-corrected chi connectivity index (χ2v) is 39.7. The molecular weight excluding hydrogens is 1800 g/mol. The summed E-state index contributed by atoms with van der Waals surface area (Å²) in [6, 6.07) is 214. The van der Waals surface area contributed by atoms with Crippen LogP contribution in [0.3, 0.4) is 0 Å². The molecule has 30 rings (SSSR count). The van der Waals surface area contributed by atoms with Gasteiger partial charge in [-0.1, -0.05) is 540 Å². The quantitative estimate of drug-likeness (QED) is 0.107. The molecule has 0 heterocycles. The zero-order valence-corrected chi connectivity index (χ0v) is 82.4. The summed E-state index contributed by atoms with van der Waals surface area (Å²) in [6.45, 7) is 0. The minimum Gasteiger partial charge on any atom is -0.0616 e. The van der Waals surface area contributed by atoms with Gasteiger partial charge in [-0.3, -0.25) is 0 Å². The Balaban J connectivity index is 0.000000108. The standard InChI is InChI=1S/3C50H32/c1-4-21-39-33(13-1)16-10-26-42(39)38-20-9-19-36(31-38)37-29-30-47-48(32-37)50(44-28-12-18-35-15-3-6-23-41(35)44)46-25-8-7-24-45(46)49(47)43-27-11-17-34-14-2-5-22-40(34)43;1-2-15-36-30-39(27-26-33(36)12-1)37-18-9-19-38(31-37)40-28-29-47-48(32-40)50(44-25-11-17-35-14-4-6-21-42(35)44)46-23-8-7-22-45(46)49(47)43-24-10-16-34-13-3-5-20-41(34)43;1-2-14-38-31-39(28-27-33(38)11-1)34-23-25-35(26-24-34)40-29-30-47-48(32-40)50(44-22-10-16-37-13-4-6-18-42(37)44)46-20-8-7-19-45(46)49(47)43-21-9-15-36-12-3-5-17-41(36)43/h3*1-32H. The van der Waals surface area contributed by atoms with E-state index in [0.717, 1.165) is 0 Å². The minimum absolute atomic E-state index is 1.21. The summed E-state index contributed by atoms with van der Waals surface area (Å²) >= 11 is 0. The topological polar surface area (TPSA) is 0 Å². The number of hydrogen-bond acceptors (Lipinski definition) is 0. The molecule has 0 aliphatic rings. The molecule has 0 aliphatic heterocycles. The van der Waals surface area contributed by atoms with Crippen LogP contribution in [0.4, 0.5) is 0 Å². The lowest BCUT2D eigenvalue weighted by Crippen LogP contribution is -1.93. The van der Waals surface area contributed by atoms with E-state index in [2.05, 4.69) is 582 Å². The molecule has 0 aromatic heterocycles. The lowest BCUT2D eigenvalue weighted by Gasteiger charge is -2.20. The molecule has 0 bridgehead atoms. The van der Waals surface area contributed by atoms with Crippen molar-refractivity contribution in [2.75, 3.05) is 0 Å². The summed E-state index contributed by atoms with van der Waals surface area (Å²) in [5, 5.41) is 37.9. The van der Waals surface area contributed by atoms with Crippen molar-refractivity contribution in [1.82, 2.24) is 0 Å². The van der Waals surface area contributed by atoms with Crippen LogP contribution in [-0.4, -0.2) is 0 Å². The molecule has 0 radical (unpaired) electrons. The van der Waals surface area contributed by atoms with Gasteiger partial charge in [0.05, 0.1) is 0 Å². The molecule has 0 N–H and O–H groups in total. The first-order chi connectivity index (χ1) is 74.4. The smallest absolute Gasteiger partial charge is 0.00199 e. The minimum atomic E-state index is 1.21. The van der Waals surface area contributed by atoms with E-state index in [1.807, 2.05) is 0 Å². The predicted molar refractivity (Wildman–Crippen MR) is 647 cm³/mol. The third-order valence-electron chi connectivity index (χ3n) is 31.3. The van der Waals surface area contributed by atoms with Gasteiger partial charge in [-0.25, -0.2) is 0 Å². The van der Waals surface area contributed by atoms with Crippen LogP contribution in [0, 0.1) is 0 Å². The van der Waals surface area contributed by atoms with E-state index in [1.54, 1.807) is 0 Å². The van der Waals surface area contributed by atoms with Gasteiger partial charge in [0, 0.05) is 0 Å². The van der Waals surface area contributed by atoms with Crippen LogP contribution in [0.25, 0.3) is 295 Å². The molecule has 0 fully saturated rings. The van der Waals surface area contributed by atoms with E-state index in [0.29, 0.717) is 0 Å². The maximum atomic E-state index is 2.44. The molecule has 150 heavy (non-hydrogen) atoms. The Morgan fingerprint density at radius 3 is 0.507 bits per heavy atom. The van der Waals surface area contributed by atoms with E-state index in [4.69, 9.17) is 0 Å². The lowest BCUT2D eigenvalue weighted by molar-refractivity contribution is 1.61. The average Bonchev–Trinajstić information content (AvgIpc) is 0.724. The molecule has 0 atom stereocenters. The number of fused-ring (bicyclic) bond motifs is 15. The second-order valence-electron chi connectivity index (χ2n) is 39.7. The fourth-order valence-electron chi connectivity index (χ4n) is 24.3. The van der Waals surface area contributed by atoms with Crippen molar-refractivity contribution in [3.63, 3.8) is 0 Å². The molecule has 30 aromatic carbocycles. The van der Waals surface area contributed by atoms with Gasteiger partial charge in [0.15, 0.2) is 0 Å². The largest absolute Gasteiger partial charge is 0.0616 e. The van der Waals surface area contributed by atoms with Crippen molar-refractivity contribution in [2.45, 2.75) is 0 Å². The third-order valence-corrected chi connectivity index (χ3v) is 31.3. The Bertz CT molecular complexity index is 10600. The second kappa shape index (κ2) is 37.6. The van der Waals surface area contributed by atoms with Crippen molar-refractivity contribution in [2.24, 2.45) is 0 Å². The van der Waals surface area contributed by atoms with E-state index in [-0.39, 0.29) is 0 Å². The molecule has 0 spiro atoms. The Labute approximate surface area is 870 Å². The molecule has 0 heteroatoms. The van der Waals surface area contributed by atoms with Crippen LogP contribution in [-0.2, 0) is 0 Å². The van der Waals surface area contributed by atoms with Crippen molar-refractivity contribution in [3.05, 3.63) is 582 Å².